The molecule has 104 valence electrons. The number of carbonyl (C=O) groups excluding carboxylic acids is 1. The van der Waals surface area contributed by atoms with Crippen LogP contribution in [0.1, 0.15) is 45.4 Å². The molecule has 4 heteroatoms. The largest absolute Gasteiger partial charge is 0.378 e. The molecule has 1 amide bonds. The Bertz CT molecular complexity index is 267. The Labute approximate surface area is 110 Å². The van der Waals surface area contributed by atoms with Gasteiger partial charge in [0.2, 0.25) is 5.91 Å². The Balaban J connectivity index is 1.67. The third-order valence-electron chi connectivity index (χ3n) is 4.34. The summed E-state index contributed by atoms with van der Waals surface area (Å²) in [7, 11) is 0. The van der Waals surface area contributed by atoms with Gasteiger partial charge in [-0.05, 0) is 44.9 Å². The Hall–Kier alpha value is -0.610. The number of nitrogens with zero attached hydrogens (tertiary/aromatic N) is 1. The highest BCUT2D eigenvalue weighted by atomic mass is 16.5. The molecule has 2 aliphatic rings. The highest BCUT2D eigenvalue weighted by molar-refractivity contribution is 5.76. The number of nitrogens with two attached hydrogens (primary N) is 1. The molecule has 2 rings (SSSR count). The van der Waals surface area contributed by atoms with Gasteiger partial charge in [-0.25, -0.2) is 0 Å². The van der Waals surface area contributed by atoms with Gasteiger partial charge in [-0.1, -0.05) is 0 Å². The maximum atomic E-state index is 12.1. The number of carbonyl (C=O) groups is 1. The van der Waals surface area contributed by atoms with E-state index < -0.39 is 0 Å². The lowest BCUT2D eigenvalue weighted by atomic mass is 9.91. The van der Waals surface area contributed by atoms with E-state index in [1.54, 1.807) is 0 Å². The number of hydrogen-bond acceptors (Lipinski definition) is 3. The first-order valence-corrected chi connectivity index (χ1v) is 7.32. The summed E-state index contributed by atoms with van der Waals surface area (Å²) in [6.07, 6.45) is 6.26. The van der Waals surface area contributed by atoms with Crippen LogP contribution in [0.25, 0.3) is 0 Å². The van der Waals surface area contributed by atoms with Gasteiger partial charge in [-0.2, -0.15) is 0 Å². The standard InChI is InChI=1S/C14H26N2O2/c1-11(15)12-6-8-16(9-7-12)14(17)5-4-13-3-2-10-18-13/h11-13H,2-10,15H2,1H3. The number of rotatable bonds is 4. The van der Waals surface area contributed by atoms with Crippen LogP contribution in [0.15, 0.2) is 0 Å². The summed E-state index contributed by atoms with van der Waals surface area (Å²) in [5.74, 6) is 0.890. The van der Waals surface area contributed by atoms with E-state index in [2.05, 4.69) is 6.92 Å². The highest BCUT2D eigenvalue weighted by Gasteiger charge is 2.25. The summed E-state index contributed by atoms with van der Waals surface area (Å²) >= 11 is 0. The first-order chi connectivity index (χ1) is 8.66. The van der Waals surface area contributed by atoms with Crippen LogP contribution in [0.5, 0.6) is 0 Å². The normalized spacial score (nSPS) is 27.4. The van der Waals surface area contributed by atoms with E-state index in [1.807, 2.05) is 4.90 Å². The summed E-state index contributed by atoms with van der Waals surface area (Å²) in [6.45, 7) is 4.71. The van der Waals surface area contributed by atoms with Crippen LogP contribution < -0.4 is 5.73 Å². The smallest absolute Gasteiger partial charge is 0.222 e. The summed E-state index contributed by atoms with van der Waals surface area (Å²) in [4.78, 5) is 14.1. The Morgan fingerprint density at radius 3 is 2.67 bits per heavy atom. The van der Waals surface area contributed by atoms with Gasteiger partial charge in [-0.3, -0.25) is 4.79 Å². The lowest BCUT2D eigenvalue weighted by molar-refractivity contribution is -0.133. The van der Waals surface area contributed by atoms with Crippen molar-refractivity contribution in [3.05, 3.63) is 0 Å². The maximum absolute atomic E-state index is 12.1. The minimum atomic E-state index is 0.258. The van der Waals surface area contributed by atoms with Gasteiger partial charge >= 0.3 is 0 Å². The van der Waals surface area contributed by atoms with Crippen LogP contribution in [0.3, 0.4) is 0 Å². The molecule has 2 atom stereocenters. The van der Waals surface area contributed by atoms with Crippen molar-refractivity contribution < 1.29 is 9.53 Å². The zero-order valence-corrected chi connectivity index (χ0v) is 11.4. The van der Waals surface area contributed by atoms with Crippen LogP contribution in [-0.4, -0.2) is 42.6 Å². The van der Waals surface area contributed by atoms with Crippen LogP contribution in [0.4, 0.5) is 0 Å². The van der Waals surface area contributed by atoms with Gasteiger partial charge in [0.1, 0.15) is 0 Å². The van der Waals surface area contributed by atoms with E-state index in [1.165, 1.54) is 0 Å². The molecular formula is C14H26N2O2. The predicted molar refractivity (Wildman–Crippen MR) is 71.2 cm³/mol. The number of piperidine rings is 1. The second-order valence-corrected chi connectivity index (χ2v) is 5.75. The van der Waals surface area contributed by atoms with Crippen molar-refractivity contribution in [2.45, 2.75) is 57.6 Å². The fraction of sp³-hybridized carbons (Fsp3) is 0.929. The Morgan fingerprint density at radius 2 is 2.11 bits per heavy atom. The maximum Gasteiger partial charge on any atom is 0.222 e. The molecule has 2 N–H and O–H groups in total. The van der Waals surface area contributed by atoms with E-state index in [0.717, 1.165) is 51.8 Å². The average molecular weight is 254 g/mol. The fourth-order valence-electron chi connectivity index (χ4n) is 2.99. The molecule has 2 saturated heterocycles. The van der Waals surface area contributed by atoms with Crippen LogP contribution >= 0.6 is 0 Å². The molecule has 0 aromatic rings. The van der Waals surface area contributed by atoms with Gasteiger partial charge in [0, 0.05) is 32.2 Å². The second-order valence-electron chi connectivity index (χ2n) is 5.75. The quantitative estimate of drug-likeness (QED) is 0.828. The van der Waals surface area contributed by atoms with Crippen LogP contribution in [0, 0.1) is 5.92 Å². The second kappa shape index (κ2) is 6.53. The van der Waals surface area contributed by atoms with Crippen molar-refractivity contribution in [3.8, 4) is 0 Å². The molecule has 0 spiro atoms. The van der Waals surface area contributed by atoms with E-state index in [4.69, 9.17) is 10.5 Å². The predicted octanol–water partition coefficient (Wildman–Crippen LogP) is 1.53. The third kappa shape index (κ3) is 3.69. The molecule has 2 heterocycles. The SMILES string of the molecule is CC(N)C1CCN(C(=O)CCC2CCCO2)CC1. The Morgan fingerprint density at radius 1 is 1.39 bits per heavy atom. The van der Waals surface area contributed by atoms with Gasteiger partial charge in [0.15, 0.2) is 0 Å². The number of likely N-dealkylation sites (tertiary alicyclic amines) is 1. The number of hydrogen-bond donors (Lipinski definition) is 1. The number of ether oxygens (including phenoxy) is 1. The lowest BCUT2D eigenvalue weighted by Gasteiger charge is -2.34. The molecule has 0 radical (unpaired) electrons. The molecule has 0 aromatic carbocycles. The minimum Gasteiger partial charge on any atom is -0.378 e. The number of amides is 1. The summed E-state index contributed by atoms with van der Waals surface area (Å²) < 4.78 is 5.55. The van der Waals surface area contributed by atoms with Crippen molar-refractivity contribution >= 4 is 5.91 Å². The van der Waals surface area contributed by atoms with Gasteiger partial charge in [0.25, 0.3) is 0 Å². The van der Waals surface area contributed by atoms with E-state index >= 15 is 0 Å². The molecule has 0 saturated carbocycles. The Kier molecular flexibility index (Phi) is 5.01. The molecule has 2 aliphatic heterocycles. The molecule has 0 aliphatic carbocycles. The van der Waals surface area contributed by atoms with Crippen LogP contribution in [-0.2, 0) is 9.53 Å². The lowest BCUT2D eigenvalue weighted by Crippen LogP contribution is -2.42. The zero-order valence-electron chi connectivity index (χ0n) is 11.4. The van der Waals surface area contributed by atoms with E-state index in [-0.39, 0.29) is 6.04 Å². The van der Waals surface area contributed by atoms with Crippen LogP contribution in [0.2, 0.25) is 0 Å². The highest BCUT2D eigenvalue weighted by Crippen LogP contribution is 2.22. The monoisotopic (exact) mass is 254 g/mol. The summed E-state index contributed by atoms with van der Waals surface area (Å²) in [5.41, 5.74) is 5.91. The molecule has 2 fully saturated rings. The molecule has 2 unspecified atom stereocenters. The van der Waals surface area contributed by atoms with Gasteiger partial charge < -0.3 is 15.4 Å². The molecule has 0 aromatic heterocycles. The molecule has 4 nitrogen and oxygen atoms in total. The zero-order chi connectivity index (χ0) is 13.0. The summed E-state index contributed by atoms with van der Waals surface area (Å²) in [6, 6.07) is 0.258. The summed E-state index contributed by atoms with van der Waals surface area (Å²) in [5, 5.41) is 0. The van der Waals surface area contributed by atoms with Crippen molar-refractivity contribution in [1.29, 1.82) is 0 Å². The topological polar surface area (TPSA) is 55.6 Å². The molecule has 0 bridgehead atoms. The van der Waals surface area contributed by atoms with Gasteiger partial charge in [0.05, 0.1) is 6.10 Å². The van der Waals surface area contributed by atoms with Crippen molar-refractivity contribution in [3.63, 3.8) is 0 Å². The van der Waals surface area contributed by atoms with E-state index in [0.29, 0.717) is 24.3 Å². The first kappa shape index (κ1) is 13.8. The average Bonchev–Trinajstić information content (AvgIpc) is 2.89. The molecule has 18 heavy (non-hydrogen) atoms. The van der Waals surface area contributed by atoms with Crippen molar-refractivity contribution in [2.24, 2.45) is 11.7 Å². The van der Waals surface area contributed by atoms with Gasteiger partial charge in [-0.15, -0.1) is 0 Å². The molecular weight excluding hydrogens is 228 g/mol. The van der Waals surface area contributed by atoms with E-state index in [9.17, 15) is 4.79 Å². The first-order valence-electron chi connectivity index (χ1n) is 7.32. The minimum absolute atomic E-state index is 0.258. The van der Waals surface area contributed by atoms with Crippen molar-refractivity contribution in [1.82, 2.24) is 4.90 Å². The third-order valence-corrected chi connectivity index (χ3v) is 4.34. The van der Waals surface area contributed by atoms with Crippen molar-refractivity contribution in [2.75, 3.05) is 19.7 Å². The fourth-order valence-corrected chi connectivity index (χ4v) is 2.99.